The molecule has 0 radical (unpaired) electrons. The van der Waals surface area contributed by atoms with E-state index >= 15 is 0 Å². The van der Waals surface area contributed by atoms with Crippen molar-refractivity contribution in [2.75, 3.05) is 51.2 Å². The fourth-order valence-corrected chi connectivity index (χ4v) is 3.97. The van der Waals surface area contributed by atoms with E-state index in [-0.39, 0.29) is 19.0 Å². The van der Waals surface area contributed by atoms with Gasteiger partial charge in [0.2, 0.25) is 5.91 Å². The monoisotopic (exact) mass is 455 g/mol. The van der Waals surface area contributed by atoms with Gasteiger partial charge in [-0.25, -0.2) is 14.2 Å². The number of cyclic esters (lactones) is 1. The van der Waals surface area contributed by atoms with Crippen LogP contribution in [0.1, 0.15) is 12.5 Å². The summed E-state index contributed by atoms with van der Waals surface area (Å²) in [4.78, 5) is 26.9. The molecule has 2 aliphatic heterocycles. The molecule has 2 heterocycles. The number of ether oxygens (including phenoxy) is 1. The van der Waals surface area contributed by atoms with Gasteiger partial charge in [0.25, 0.3) is 0 Å². The quantitative estimate of drug-likeness (QED) is 0.667. The van der Waals surface area contributed by atoms with Crippen LogP contribution in [0.25, 0.3) is 11.1 Å². The highest BCUT2D eigenvalue weighted by Crippen LogP contribution is 2.29. The number of halogens is 1. The lowest BCUT2D eigenvalue weighted by atomic mass is 10.0. The van der Waals surface area contributed by atoms with Crippen LogP contribution in [0.4, 0.5) is 14.9 Å². The first-order valence-electron chi connectivity index (χ1n) is 11.2. The third kappa shape index (κ3) is 5.87. The second-order valence-electron chi connectivity index (χ2n) is 8.54. The molecule has 2 N–H and O–H groups in total. The summed E-state index contributed by atoms with van der Waals surface area (Å²) in [5.41, 5.74) is 6.25. The maximum Gasteiger partial charge on any atom is 0.414 e. The van der Waals surface area contributed by atoms with Crippen molar-refractivity contribution < 1.29 is 18.7 Å². The molecule has 2 aliphatic rings. The lowest BCUT2D eigenvalue weighted by Crippen LogP contribution is -2.50. The number of anilines is 1. The van der Waals surface area contributed by atoms with Crippen molar-refractivity contribution in [1.29, 1.82) is 0 Å². The molecule has 2 saturated heterocycles. The Kier molecular flexibility index (Phi) is 7.22. The largest absolute Gasteiger partial charge is 0.442 e. The number of nitrogens with one attached hydrogen (secondary N) is 2. The Morgan fingerprint density at radius 1 is 1.12 bits per heavy atom. The number of piperazine rings is 1. The SMILES string of the molecule is CC(=O)NC[C@H]1CN(c2ccc(-c3ccc(CNN4CCN(C)CC4)cc3)c(F)c2)C(=O)O1. The minimum Gasteiger partial charge on any atom is -0.442 e. The predicted molar refractivity (Wildman–Crippen MR) is 124 cm³/mol. The van der Waals surface area contributed by atoms with Gasteiger partial charge in [-0.05, 0) is 36.4 Å². The van der Waals surface area contributed by atoms with E-state index in [1.165, 1.54) is 17.9 Å². The van der Waals surface area contributed by atoms with E-state index in [2.05, 4.69) is 27.7 Å². The maximum absolute atomic E-state index is 14.9. The maximum atomic E-state index is 14.9. The smallest absolute Gasteiger partial charge is 0.414 e. The molecule has 33 heavy (non-hydrogen) atoms. The number of benzene rings is 2. The van der Waals surface area contributed by atoms with E-state index < -0.39 is 18.0 Å². The van der Waals surface area contributed by atoms with Crippen molar-refractivity contribution in [3.05, 3.63) is 53.8 Å². The van der Waals surface area contributed by atoms with Crippen LogP contribution in [0.3, 0.4) is 0 Å². The molecule has 2 fully saturated rings. The third-order valence-electron chi connectivity index (χ3n) is 5.99. The highest BCUT2D eigenvalue weighted by molar-refractivity contribution is 5.90. The molecule has 9 heteroatoms. The standard InChI is InChI=1S/C24H30FN5O3/c1-17(31)26-15-21-16-30(24(32)33-21)20-7-8-22(23(25)13-20)19-5-3-18(4-6-19)14-27-29-11-9-28(2)10-12-29/h3-8,13,21,27H,9-12,14-16H2,1-2H3,(H,26,31)/t21-/m0/s1. The second kappa shape index (κ2) is 10.3. The van der Waals surface area contributed by atoms with Gasteiger partial charge in [0.1, 0.15) is 11.9 Å². The highest BCUT2D eigenvalue weighted by Gasteiger charge is 2.32. The Balaban J connectivity index is 1.37. The van der Waals surface area contributed by atoms with Crippen LogP contribution in [-0.4, -0.2) is 74.3 Å². The first-order valence-corrected chi connectivity index (χ1v) is 11.2. The van der Waals surface area contributed by atoms with Crippen molar-refractivity contribution in [2.24, 2.45) is 0 Å². The molecule has 2 aromatic rings. The summed E-state index contributed by atoms with van der Waals surface area (Å²) in [7, 11) is 2.13. The Labute approximate surface area is 193 Å². The summed E-state index contributed by atoms with van der Waals surface area (Å²) in [6, 6.07) is 12.5. The molecule has 0 aliphatic carbocycles. The van der Waals surface area contributed by atoms with Gasteiger partial charge in [0, 0.05) is 45.2 Å². The summed E-state index contributed by atoms with van der Waals surface area (Å²) < 4.78 is 20.2. The number of amides is 2. The van der Waals surface area contributed by atoms with Gasteiger partial charge in [-0.3, -0.25) is 15.1 Å². The molecule has 2 aromatic carbocycles. The van der Waals surface area contributed by atoms with Gasteiger partial charge in [0.15, 0.2) is 0 Å². The molecule has 2 amide bonds. The minimum atomic E-state index is -0.547. The molecule has 0 spiro atoms. The number of hydrogen-bond donors (Lipinski definition) is 2. The topological polar surface area (TPSA) is 77.2 Å². The molecule has 0 saturated carbocycles. The lowest BCUT2D eigenvalue weighted by Gasteiger charge is -2.32. The van der Waals surface area contributed by atoms with Crippen molar-refractivity contribution in [3.8, 4) is 11.1 Å². The average molecular weight is 456 g/mol. The molecular weight excluding hydrogens is 425 g/mol. The van der Waals surface area contributed by atoms with Crippen LogP contribution in [0.5, 0.6) is 0 Å². The van der Waals surface area contributed by atoms with Crippen LogP contribution in [0.15, 0.2) is 42.5 Å². The van der Waals surface area contributed by atoms with E-state index in [9.17, 15) is 14.0 Å². The molecule has 8 nitrogen and oxygen atoms in total. The predicted octanol–water partition coefficient (Wildman–Crippen LogP) is 2.21. The van der Waals surface area contributed by atoms with Gasteiger partial charge >= 0.3 is 6.09 Å². The van der Waals surface area contributed by atoms with E-state index in [0.717, 1.165) is 43.9 Å². The zero-order valence-corrected chi connectivity index (χ0v) is 19.0. The van der Waals surface area contributed by atoms with Crippen LogP contribution in [0, 0.1) is 5.82 Å². The van der Waals surface area contributed by atoms with Crippen LogP contribution < -0.4 is 15.6 Å². The number of carbonyl (C=O) groups excluding carboxylic acids is 2. The van der Waals surface area contributed by atoms with Crippen molar-refractivity contribution in [3.63, 3.8) is 0 Å². The fourth-order valence-electron chi connectivity index (χ4n) is 3.97. The zero-order valence-electron chi connectivity index (χ0n) is 19.0. The van der Waals surface area contributed by atoms with Crippen molar-refractivity contribution in [2.45, 2.75) is 19.6 Å². The van der Waals surface area contributed by atoms with E-state index in [1.807, 2.05) is 24.3 Å². The first-order chi connectivity index (χ1) is 15.9. The number of nitrogens with zero attached hydrogens (tertiary/aromatic N) is 3. The Hall–Kier alpha value is -3.01. The number of likely N-dealkylation sites (N-methyl/N-ethyl adjacent to an activating group) is 1. The molecule has 176 valence electrons. The Morgan fingerprint density at radius 2 is 1.85 bits per heavy atom. The number of hydrazine groups is 1. The van der Waals surface area contributed by atoms with Crippen molar-refractivity contribution >= 4 is 17.7 Å². The van der Waals surface area contributed by atoms with Crippen molar-refractivity contribution in [1.82, 2.24) is 20.7 Å². The number of carbonyl (C=O) groups is 2. The fraction of sp³-hybridized carbons (Fsp3) is 0.417. The van der Waals surface area contributed by atoms with E-state index in [1.54, 1.807) is 12.1 Å². The Bertz CT molecular complexity index is 992. The Morgan fingerprint density at radius 3 is 2.52 bits per heavy atom. The average Bonchev–Trinajstić information content (AvgIpc) is 3.18. The zero-order chi connectivity index (χ0) is 23.4. The van der Waals surface area contributed by atoms with Crippen LogP contribution in [-0.2, 0) is 16.1 Å². The first kappa shape index (κ1) is 23.2. The minimum absolute atomic E-state index is 0.193. The molecule has 0 unspecified atom stereocenters. The van der Waals surface area contributed by atoms with Gasteiger partial charge in [-0.2, -0.15) is 0 Å². The molecule has 4 rings (SSSR count). The molecule has 1 atom stereocenters. The third-order valence-corrected chi connectivity index (χ3v) is 5.99. The van der Waals surface area contributed by atoms with Gasteiger partial charge in [0.05, 0.1) is 18.8 Å². The molecular formula is C24H30FN5O3. The summed E-state index contributed by atoms with van der Waals surface area (Å²) in [5.74, 6) is -0.602. The van der Waals surface area contributed by atoms with Crippen LogP contribution >= 0.6 is 0 Å². The van der Waals surface area contributed by atoms with Gasteiger partial charge in [-0.1, -0.05) is 24.3 Å². The van der Waals surface area contributed by atoms with Crippen LogP contribution in [0.2, 0.25) is 0 Å². The summed E-state index contributed by atoms with van der Waals surface area (Å²) in [6.07, 6.45) is -1.01. The summed E-state index contributed by atoms with van der Waals surface area (Å²) in [5, 5.41) is 4.86. The van der Waals surface area contributed by atoms with Gasteiger partial charge in [-0.15, -0.1) is 0 Å². The van der Waals surface area contributed by atoms with E-state index in [4.69, 9.17) is 4.74 Å². The van der Waals surface area contributed by atoms with Gasteiger partial charge < -0.3 is 15.0 Å². The molecule has 0 bridgehead atoms. The normalized spacial score (nSPS) is 19.5. The van der Waals surface area contributed by atoms with E-state index in [0.29, 0.717) is 11.3 Å². The number of rotatable bonds is 7. The highest BCUT2D eigenvalue weighted by atomic mass is 19.1. The molecule has 0 aromatic heterocycles. The number of hydrogen-bond acceptors (Lipinski definition) is 6. The second-order valence-corrected chi connectivity index (χ2v) is 8.54. The lowest BCUT2D eigenvalue weighted by molar-refractivity contribution is -0.119. The summed E-state index contributed by atoms with van der Waals surface area (Å²) in [6.45, 7) is 6.69. The summed E-state index contributed by atoms with van der Waals surface area (Å²) >= 11 is 0.